The topological polar surface area (TPSA) is 114 Å². The van der Waals surface area contributed by atoms with Crippen LogP contribution in [0.3, 0.4) is 0 Å². The third kappa shape index (κ3) is 4.26. The van der Waals surface area contributed by atoms with E-state index in [1.165, 1.54) is 27.7 Å². The van der Waals surface area contributed by atoms with Gasteiger partial charge in [0.25, 0.3) is 0 Å². The van der Waals surface area contributed by atoms with Gasteiger partial charge in [0.05, 0.1) is 5.92 Å². The summed E-state index contributed by atoms with van der Waals surface area (Å²) < 4.78 is 27.5. The number of ether oxygens (including phenoxy) is 5. The Kier molecular flexibility index (Phi) is 5.57. The summed E-state index contributed by atoms with van der Waals surface area (Å²) in [5.74, 6) is -1.55. The molecule has 33 heavy (non-hydrogen) atoms. The molecular weight excluding hydrogens is 432 g/mol. The van der Waals surface area contributed by atoms with Gasteiger partial charge in [-0.25, -0.2) is 0 Å². The molecule has 2 aliphatic rings. The van der Waals surface area contributed by atoms with Crippen molar-refractivity contribution in [2.45, 2.75) is 45.6 Å². The van der Waals surface area contributed by atoms with Gasteiger partial charge in [0.2, 0.25) is 0 Å². The molecule has 2 aromatic carbocycles. The third-order valence-electron chi connectivity index (χ3n) is 5.42. The molecule has 172 valence electrons. The maximum Gasteiger partial charge on any atom is 0.308 e. The van der Waals surface area contributed by atoms with Crippen LogP contribution in [0.2, 0.25) is 0 Å². The van der Waals surface area contributed by atoms with Crippen LogP contribution in [0.25, 0.3) is 0 Å². The van der Waals surface area contributed by atoms with Crippen molar-refractivity contribution in [1.29, 1.82) is 0 Å². The van der Waals surface area contributed by atoms with Gasteiger partial charge in [-0.15, -0.1) is 0 Å². The third-order valence-corrected chi connectivity index (χ3v) is 5.42. The van der Waals surface area contributed by atoms with E-state index in [1.54, 1.807) is 30.3 Å². The first-order chi connectivity index (χ1) is 15.6. The molecule has 9 heteroatoms. The van der Waals surface area contributed by atoms with Gasteiger partial charge in [0, 0.05) is 45.7 Å². The molecule has 1 heterocycles. The van der Waals surface area contributed by atoms with Crippen molar-refractivity contribution in [3.05, 3.63) is 47.0 Å². The van der Waals surface area contributed by atoms with Gasteiger partial charge in [-0.1, -0.05) is 6.07 Å². The summed E-state index contributed by atoms with van der Waals surface area (Å²) in [6.07, 6.45) is 0.298. The minimum Gasteiger partial charge on any atom is -0.489 e. The molecule has 2 unspecified atom stereocenters. The monoisotopic (exact) mass is 454 g/mol. The predicted octanol–water partition coefficient (Wildman–Crippen LogP) is 2.84. The molecule has 0 amide bonds. The standard InChI is InChI=1S/C24H22O9/c1-12(25)30-17-5-6-18-20(8-17)29-11-24(33-15(4)28)10-16-7-21(31-13(2)26)22(32-14(3)27)9-19(16)23(18)24/h5-9,23H,10-11H2,1-4H3. The van der Waals surface area contributed by atoms with Crippen LogP contribution in [0.4, 0.5) is 0 Å². The summed E-state index contributed by atoms with van der Waals surface area (Å²) in [4.78, 5) is 46.6. The largest absolute Gasteiger partial charge is 0.489 e. The van der Waals surface area contributed by atoms with Crippen molar-refractivity contribution in [1.82, 2.24) is 0 Å². The number of hydrogen-bond donors (Lipinski definition) is 0. The molecule has 2 atom stereocenters. The Labute approximate surface area is 189 Å². The molecular formula is C24H22O9. The Morgan fingerprint density at radius 2 is 1.45 bits per heavy atom. The lowest BCUT2D eigenvalue weighted by atomic mass is 9.80. The van der Waals surface area contributed by atoms with Crippen molar-refractivity contribution in [3.63, 3.8) is 0 Å². The van der Waals surface area contributed by atoms with Crippen LogP contribution in [0.1, 0.15) is 50.3 Å². The Morgan fingerprint density at radius 3 is 2.06 bits per heavy atom. The van der Waals surface area contributed by atoms with E-state index in [1.807, 2.05) is 0 Å². The highest BCUT2D eigenvalue weighted by molar-refractivity contribution is 5.75. The zero-order chi connectivity index (χ0) is 23.9. The van der Waals surface area contributed by atoms with E-state index in [4.69, 9.17) is 23.7 Å². The zero-order valence-corrected chi connectivity index (χ0v) is 18.6. The Bertz CT molecular complexity index is 1180. The predicted molar refractivity (Wildman–Crippen MR) is 112 cm³/mol. The van der Waals surface area contributed by atoms with Gasteiger partial charge in [0.1, 0.15) is 18.1 Å². The van der Waals surface area contributed by atoms with Gasteiger partial charge >= 0.3 is 23.9 Å². The van der Waals surface area contributed by atoms with Crippen LogP contribution in [-0.2, 0) is 30.3 Å². The zero-order valence-electron chi connectivity index (χ0n) is 18.6. The molecule has 0 bridgehead atoms. The average Bonchev–Trinajstić information content (AvgIpc) is 2.99. The maximum atomic E-state index is 12.0. The van der Waals surface area contributed by atoms with Gasteiger partial charge in [-0.2, -0.15) is 0 Å². The highest BCUT2D eigenvalue weighted by Crippen LogP contribution is 2.55. The first kappa shape index (κ1) is 22.3. The summed E-state index contributed by atoms with van der Waals surface area (Å²) in [5, 5.41) is 0. The van der Waals surface area contributed by atoms with E-state index in [9.17, 15) is 19.2 Å². The molecule has 0 spiro atoms. The van der Waals surface area contributed by atoms with Gasteiger partial charge in [0.15, 0.2) is 17.1 Å². The molecule has 2 aromatic rings. The highest BCUT2D eigenvalue weighted by atomic mass is 16.6. The molecule has 0 saturated heterocycles. The molecule has 0 radical (unpaired) electrons. The van der Waals surface area contributed by atoms with Crippen LogP contribution in [0.15, 0.2) is 30.3 Å². The normalized spacial score (nSPS) is 19.8. The minimum atomic E-state index is -1.05. The fraction of sp³-hybridized carbons (Fsp3) is 0.333. The smallest absolute Gasteiger partial charge is 0.308 e. The van der Waals surface area contributed by atoms with Crippen molar-refractivity contribution in [3.8, 4) is 23.0 Å². The molecule has 4 rings (SSSR count). The number of carbonyl (C=O) groups excluding carboxylic acids is 4. The van der Waals surface area contributed by atoms with E-state index in [-0.39, 0.29) is 18.1 Å². The van der Waals surface area contributed by atoms with Crippen LogP contribution in [0, 0.1) is 0 Å². The lowest BCUT2D eigenvalue weighted by Gasteiger charge is -2.39. The molecule has 0 N–H and O–H groups in total. The minimum absolute atomic E-state index is 0.0499. The number of rotatable bonds is 4. The van der Waals surface area contributed by atoms with Crippen LogP contribution in [-0.4, -0.2) is 36.1 Å². The molecule has 0 aromatic heterocycles. The van der Waals surface area contributed by atoms with Gasteiger partial charge < -0.3 is 23.7 Å². The maximum absolute atomic E-state index is 12.0. The SMILES string of the molecule is CC(=O)Oc1ccc2c(c1)OCC1(OC(C)=O)Cc3cc(OC(C)=O)c(OC(C)=O)cc3C21. The highest BCUT2D eigenvalue weighted by Gasteiger charge is 2.54. The molecule has 1 aliphatic heterocycles. The molecule has 0 fully saturated rings. The number of benzene rings is 2. The molecule has 9 nitrogen and oxygen atoms in total. The fourth-order valence-corrected chi connectivity index (χ4v) is 4.52. The van der Waals surface area contributed by atoms with E-state index < -0.39 is 35.4 Å². The summed E-state index contributed by atoms with van der Waals surface area (Å²) >= 11 is 0. The molecule has 0 saturated carbocycles. The number of carbonyl (C=O) groups is 4. The summed E-state index contributed by atoms with van der Waals surface area (Å²) in [6.45, 7) is 5.16. The second kappa shape index (κ2) is 8.23. The second-order valence-electron chi connectivity index (χ2n) is 8.04. The Hall–Kier alpha value is -3.88. The van der Waals surface area contributed by atoms with Gasteiger partial charge in [-0.05, 0) is 29.3 Å². The first-order valence-electron chi connectivity index (χ1n) is 10.3. The van der Waals surface area contributed by atoms with Crippen molar-refractivity contribution >= 4 is 23.9 Å². The lowest BCUT2D eigenvalue weighted by Crippen LogP contribution is -2.47. The number of fused-ring (bicyclic) bond motifs is 5. The van der Waals surface area contributed by atoms with Crippen LogP contribution < -0.4 is 18.9 Å². The summed E-state index contributed by atoms with van der Waals surface area (Å²) in [5.41, 5.74) is 1.17. The van der Waals surface area contributed by atoms with E-state index in [2.05, 4.69) is 0 Å². The van der Waals surface area contributed by atoms with Crippen LogP contribution >= 0.6 is 0 Å². The Balaban J connectivity index is 1.87. The lowest BCUT2D eigenvalue weighted by molar-refractivity contribution is -0.162. The quantitative estimate of drug-likeness (QED) is 0.508. The number of esters is 4. The average molecular weight is 454 g/mol. The second-order valence-corrected chi connectivity index (χ2v) is 8.04. The van der Waals surface area contributed by atoms with E-state index in [0.717, 1.165) is 11.1 Å². The first-order valence-corrected chi connectivity index (χ1v) is 10.3. The van der Waals surface area contributed by atoms with Crippen molar-refractivity contribution in [2.24, 2.45) is 0 Å². The number of hydrogen-bond acceptors (Lipinski definition) is 9. The van der Waals surface area contributed by atoms with Crippen molar-refractivity contribution < 1.29 is 42.9 Å². The fourth-order valence-electron chi connectivity index (χ4n) is 4.52. The van der Waals surface area contributed by atoms with E-state index in [0.29, 0.717) is 23.5 Å². The van der Waals surface area contributed by atoms with E-state index >= 15 is 0 Å². The Morgan fingerprint density at radius 1 is 0.818 bits per heavy atom. The van der Waals surface area contributed by atoms with Crippen molar-refractivity contribution in [2.75, 3.05) is 6.61 Å². The summed E-state index contributed by atoms with van der Waals surface area (Å²) in [6, 6.07) is 8.22. The van der Waals surface area contributed by atoms with Crippen LogP contribution in [0.5, 0.6) is 23.0 Å². The van der Waals surface area contributed by atoms with Gasteiger partial charge in [-0.3, -0.25) is 19.2 Å². The molecule has 1 aliphatic carbocycles. The summed E-state index contributed by atoms with van der Waals surface area (Å²) in [7, 11) is 0.